The number of hydrogen-bond donors (Lipinski definition) is 1. The van der Waals surface area contributed by atoms with E-state index in [4.69, 9.17) is 4.74 Å². The smallest absolute Gasteiger partial charge is 0.328 e. The second-order valence-corrected chi connectivity index (χ2v) is 4.90. The van der Waals surface area contributed by atoms with Gasteiger partial charge in [0, 0.05) is 18.2 Å². The van der Waals surface area contributed by atoms with Gasteiger partial charge in [-0.2, -0.15) is 0 Å². The Balaban J connectivity index is 2.04. The number of carbonyl (C=O) groups is 1. The zero-order valence-corrected chi connectivity index (χ0v) is 11.2. The fourth-order valence-electron chi connectivity index (χ4n) is 2.67. The van der Waals surface area contributed by atoms with E-state index >= 15 is 0 Å². The number of carbonyl (C=O) groups excluding carboxylic acids is 1. The number of para-hydroxylation sites is 1. The number of aromatic hydroxyl groups is 1. The summed E-state index contributed by atoms with van der Waals surface area (Å²) < 4.78 is 6.72. The van der Waals surface area contributed by atoms with Crippen molar-refractivity contribution in [1.82, 2.24) is 9.55 Å². The maximum absolute atomic E-state index is 11.8. The molecule has 5 heteroatoms. The summed E-state index contributed by atoms with van der Waals surface area (Å²) in [6.07, 6.45) is 4.33. The van der Waals surface area contributed by atoms with Crippen molar-refractivity contribution in [2.45, 2.75) is 25.3 Å². The molecule has 1 aliphatic rings. The third-order valence-electron chi connectivity index (χ3n) is 3.68. The molecule has 1 aromatic heterocycles. The van der Waals surface area contributed by atoms with Gasteiger partial charge >= 0.3 is 5.97 Å². The molecule has 0 aliphatic carbocycles. The fraction of sp³-hybridized carbons (Fsp3) is 0.333. The van der Waals surface area contributed by atoms with E-state index in [1.54, 1.807) is 12.1 Å². The van der Waals surface area contributed by atoms with E-state index in [2.05, 4.69) is 4.98 Å². The minimum absolute atomic E-state index is 0.192. The number of imidazole rings is 1. The zero-order valence-electron chi connectivity index (χ0n) is 11.2. The Morgan fingerprint density at radius 3 is 3.00 bits per heavy atom. The monoisotopic (exact) mass is 272 g/mol. The third-order valence-corrected chi connectivity index (χ3v) is 3.68. The Morgan fingerprint density at radius 2 is 2.25 bits per heavy atom. The second-order valence-electron chi connectivity index (χ2n) is 4.90. The predicted octanol–water partition coefficient (Wildman–Crippen LogP) is 2.31. The highest BCUT2D eigenvalue weighted by Gasteiger charge is 2.28. The number of aromatic nitrogens is 2. The number of aryl methyl sites for hydroxylation is 1. The van der Waals surface area contributed by atoms with Crippen LogP contribution < -0.4 is 0 Å². The summed E-state index contributed by atoms with van der Waals surface area (Å²) in [6, 6.07) is 6.76. The lowest BCUT2D eigenvalue weighted by molar-refractivity contribution is -0.145. The molecule has 0 fully saturated rings. The Labute approximate surface area is 116 Å². The van der Waals surface area contributed by atoms with Crippen LogP contribution >= 0.6 is 0 Å². The lowest BCUT2D eigenvalue weighted by atomic mass is 10.1. The standard InChI is InChI=1S/C15H16N2O3/c1-20-15(19)12-6-4-8-14-16-11(9-17(12)14)10-5-2-3-7-13(10)18/h2-3,5,7,9,12,18H,4,6,8H2,1H3. The molecule has 2 aromatic rings. The van der Waals surface area contributed by atoms with Gasteiger partial charge < -0.3 is 14.4 Å². The second kappa shape index (κ2) is 5.00. The van der Waals surface area contributed by atoms with Crippen molar-refractivity contribution in [1.29, 1.82) is 0 Å². The topological polar surface area (TPSA) is 64.3 Å². The molecule has 0 spiro atoms. The zero-order chi connectivity index (χ0) is 14.1. The van der Waals surface area contributed by atoms with Crippen LogP contribution in [0.4, 0.5) is 0 Å². The minimum atomic E-state index is -0.309. The van der Waals surface area contributed by atoms with Gasteiger partial charge in [0.25, 0.3) is 0 Å². The van der Waals surface area contributed by atoms with E-state index in [0.29, 0.717) is 11.3 Å². The largest absolute Gasteiger partial charge is 0.507 e. The summed E-state index contributed by atoms with van der Waals surface area (Å²) in [5.41, 5.74) is 1.37. The highest BCUT2D eigenvalue weighted by atomic mass is 16.5. The lowest BCUT2D eigenvalue weighted by Crippen LogP contribution is -2.25. The van der Waals surface area contributed by atoms with E-state index in [9.17, 15) is 9.90 Å². The fourth-order valence-corrected chi connectivity index (χ4v) is 2.67. The van der Waals surface area contributed by atoms with Crippen LogP contribution in [0, 0.1) is 0 Å². The normalized spacial score (nSPS) is 17.6. The number of rotatable bonds is 2. The SMILES string of the molecule is COC(=O)C1CCCc2nc(-c3ccccc3O)cn21. The van der Waals surface area contributed by atoms with Gasteiger partial charge in [0.15, 0.2) is 0 Å². The molecule has 1 unspecified atom stereocenters. The molecule has 0 radical (unpaired) electrons. The van der Waals surface area contributed by atoms with Crippen molar-refractivity contribution in [3.05, 3.63) is 36.3 Å². The van der Waals surface area contributed by atoms with Gasteiger partial charge in [0.2, 0.25) is 0 Å². The number of esters is 1. The van der Waals surface area contributed by atoms with Crippen molar-refractivity contribution < 1.29 is 14.6 Å². The molecule has 104 valence electrons. The van der Waals surface area contributed by atoms with Gasteiger partial charge in [0.1, 0.15) is 17.6 Å². The number of nitrogens with zero attached hydrogens (tertiary/aromatic N) is 2. The van der Waals surface area contributed by atoms with E-state index in [1.807, 2.05) is 22.9 Å². The molecule has 1 atom stereocenters. The number of hydrogen-bond acceptors (Lipinski definition) is 4. The van der Waals surface area contributed by atoms with Crippen molar-refractivity contribution in [3.63, 3.8) is 0 Å². The van der Waals surface area contributed by atoms with Gasteiger partial charge in [-0.25, -0.2) is 9.78 Å². The van der Waals surface area contributed by atoms with Gasteiger partial charge in [-0.05, 0) is 25.0 Å². The summed E-state index contributed by atoms with van der Waals surface area (Å²) in [5, 5.41) is 9.91. The lowest BCUT2D eigenvalue weighted by Gasteiger charge is -2.22. The summed E-state index contributed by atoms with van der Waals surface area (Å²) in [5.74, 6) is 0.814. The van der Waals surface area contributed by atoms with Crippen molar-refractivity contribution >= 4 is 5.97 Å². The molecule has 2 heterocycles. The number of phenols is 1. The maximum atomic E-state index is 11.8. The first kappa shape index (κ1) is 12.7. The summed E-state index contributed by atoms with van der Waals surface area (Å²) in [6.45, 7) is 0. The van der Waals surface area contributed by atoms with Crippen LogP contribution in [0.5, 0.6) is 5.75 Å². The molecule has 20 heavy (non-hydrogen) atoms. The first-order chi connectivity index (χ1) is 9.70. The molecule has 1 aliphatic heterocycles. The molecule has 0 amide bonds. The van der Waals surface area contributed by atoms with Crippen molar-refractivity contribution in [2.24, 2.45) is 0 Å². The van der Waals surface area contributed by atoms with E-state index < -0.39 is 0 Å². The number of methoxy groups -OCH3 is 1. The summed E-state index contributed by atoms with van der Waals surface area (Å²) in [4.78, 5) is 16.4. The minimum Gasteiger partial charge on any atom is -0.507 e. The molecular formula is C15H16N2O3. The van der Waals surface area contributed by atoms with E-state index in [1.165, 1.54) is 7.11 Å². The van der Waals surface area contributed by atoms with Crippen LogP contribution in [0.15, 0.2) is 30.5 Å². The summed E-state index contributed by atoms with van der Waals surface area (Å²) >= 11 is 0. The van der Waals surface area contributed by atoms with Crippen molar-refractivity contribution in [3.8, 4) is 17.0 Å². The van der Waals surface area contributed by atoms with Crippen molar-refractivity contribution in [2.75, 3.05) is 7.11 Å². The number of benzene rings is 1. The van der Waals surface area contributed by atoms with Crippen LogP contribution in [0.3, 0.4) is 0 Å². The average Bonchev–Trinajstić information content (AvgIpc) is 2.90. The predicted molar refractivity (Wildman–Crippen MR) is 73.3 cm³/mol. The highest BCUT2D eigenvalue weighted by Crippen LogP contribution is 2.32. The number of fused-ring (bicyclic) bond motifs is 1. The quantitative estimate of drug-likeness (QED) is 0.852. The van der Waals surface area contributed by atoms with E-state index in [-0.39, 0.29) is 17.8 Å². The first-order valence-corrected chi connectivity index (χ1v) is 6.64. The van der Waals surface area contributed by atoms with E-state index in [0.717, 1.165) is 25.1 Å². The molecule has 0 saturated carbocycles. The molecule has 0 bridgehead atoms. The highest BCUT2D eigenvalue weighted by molar-refractivity contribution is 5.75. The molecule has 5 nitrogen and oxygen atoms in total. The Bertz CT molecular complexity index is 648. The molecule has 0 saturated heterocycles. The Morgan fingerprint density at radius 1 is 1.45 bits per heavy atom. The Hall–Kier alpha value is -2.30. The van der Waals surface area contributed by atoms with Gasteiger partial charge in [-0.3, -0.25) is 0 Å². The number of phenolic OH excluding ortho intramolecular Hbond substituents is 1. The van der Waals surface area contributed by atoms with Gasteiger partial charge in [0.05, 0.1) is 12.8 Å². The van der Waals surface area contributed by atoms with Crippen LogP contribution in [0.1, 0.15) is 24.7 Å². The van der Waals surface area contributed by atoms with Crippen LogP contribution in [-0.4, -0.2) is 27.7 Å². The molecular weight excluding hydrogens is 256 g/mol. The van der Waals surface area contributed by atoms with Crippen LogP contribution in [-0.2, 0) is 16.0 Å². The summed E-state index contributed by atoms with van der Waals surface area (Å²) in [7, 11) is 1.40. The van der Waals surface area contributed by atoms with Gasteiger partial charge in [-0.15, -0.1) is 0 Å². The Kier molecular flexibility index (Phi) is 3.18. The molecule has 3 rings (SSSR count). The van der Waals surface area contributed by atoms with Crippen LogP contribution in [0.25, 0.3) is 11.3 Å². The molecule has 1 aromatic carbocycles. The third kappa shape index (κ3) is 2.05. The maximum Gasteiger partial charge on any atom is 0.328 e. The average molecular weight is 272 g/mol. The number of ether oxygens (including phenoxy) is 1. The first-order valence-electron chi connectivity index (χ1n) is 6.64. The van der Waals surface area contributed by atoms with Crippen LogP contribution in [0.2, 0.25) is 0 Å². The molecule has 1 N–H and O–H groups in total. The van der Waals surface area contributed by atoms with Gasteiger partial charge in [-0.1, -0.05) is 12.1 Å².